The van der Waals surface area contributed by atoms with Gasteiger partial charge in [0.25, 0.3) is 0 Å². The second-order valence-corrected chi connectivity index (χ2v) is 5.96. The van der Waals surface area contributed by atoms with E-state index in [2.05, 4.69) is 0 Å². The molecule has 2 heterocycles. The molecule has 3 unspecified atom stereocenters. The highest BCUT2D eigenvalue weighted by atomic mass is 16.4. The minimum atomic E-state index is -0.912. The summed E-state index contributed by atoms with van der Waals surface area (Å²) in [5.74, 6) is -0.867. The molecule has 6 heteroatoms. The molecule has 0 bridgehead atoms. The van der Waals surface area contributed by atoms with Gasteiger partial charge in [-0.15, -0.1) is 0 Å². The van der Waals surface area contributed by atoms with Crippen LogP contribution in [0, 0.1) is 5.92 Å². The lowest BCUT2D eigenvalue weighted by Crippen LogP contribution is -2.54. The van der Waals surface area contributed by atoms with E-state index in [1.54, 1.807) is 4.90 Å². The van der Waals surface area contributed by atoms with Gasteiger partial charge in [-0.1, -0.05) is 19.8 Å². The van der Waals surface area contributed by atoms with Gasteiger partial charge in [-0.25, -0.2) is 9.59 Å². The van der Waals surface area contributed by atoms with Crippen LogP contribution in [-0.2, 0) is 4.79 Å². The van der Waals surface area contributed by atoms with Gasteiger partial charge < -0.3 is 20.0 Å². The van der Waals surface area contributed by atoms with Crippen LogP contribution in [0.2, 0.25) is 0 Å². The Morgan fingerprint density at radius 1 is 1.10 bits per heavy atom. The minimum absolute atomic E-state index is 0.0444. The van der Waals surface area contributed by atoms with Crippen LogP contribution in [0.1, 0.15) is 39.0 Å². The number of hydrogen-bond acceptors (Lipinski definition) is 3. The summed E-state index contributed by atoms with van der Waals surface area (Å²) in [4.78, 5) is 27.2. The quantitative estimate of drug-likeness (QED) is 0.756. The predicted octanol–water partition coefficient (Wildman–Crippen LogP) is 1.14. The Morgan fingerprint density at radius 2 is 1.85 bits per heavy atom. The molecule has 6 nitrogen and oxygen atoms in total. The number of aliphatic carboxylic acids is 1. The first-order chi connectivity index (χ1) is 9.50. The fourth-order valence-corrected chi connectivity index (χ4v) is 3.08. The van der Waals surface area contributed by atoms with Gasteiger partial charge in [0, 0.05) is 19.6 Å². The van der Waals surface area contributed by atoms with Crippen molar-refractivity contribution in [2.75, 3.05) is 19.6 Å². The summed E-state index contributed by atoms with van der Waals surface area (Å²) in [5.41, 5.74) is 0. The summed E-state index contributed by atoms with van der Waals surface area (Å²) >= 11 is 0. The number of carboxylic acids is 1. The third kappa shape index (κ3) is 3.23. The van der Waals surface area contributed by atoms with E-state index in [0.717, 1.165) is 19.3 Å². The van der Waals surface area contributed by atoms with Crippen molar-refractivity contribution in [3.8, 4) is 0 Å². The smallest absolute Gasteiger partial charge is 0.326 e. The molecule has 0 aliphatic carbocycles. The molecule has 0 saturated carbocycles. The van der Waals surface area contributed by atoms with Gasteiger partial charge in [-0.3, -0.25) is 0 Å². The summed E-state index contributed by atoms with van der Waals surface area (Å²) in [6.45, 7) is 3.44. The first kappa shape index (κ1) is 15.1. The number of piperidine rings is 1. The molecule has 2 fully saturated rings. The van der Waals surface area contributed by atoms with E-state index < -0.39 is 12.0 Å². The molecule has 2 aliphatic rings. The summed E-state index contributed by atoms with van der Waals surface area (Å²) in [7, 11) is 0. The lowest BCUT2D eigenvalue weighted by atomic mass is 9.97. The normalized spacial score (nSPS) is 31.8. The van der Waals surface area contributed by atoms with Gasteiger partial charge in [0.05, 0.1) is 6.10 Å². The van der Waals surface area contributed by atoms with Crippen LogP contribution in [0.15, 0.2) is 0 Å². The molecule has 3 atom stereocenters. The van der Waals surface area contributed by atoms with Crippen LogP contribution < -0.4 is 0 Å². The van der Waals surface area contributed by atoms with Crippen molar-refractivity contribution >= 4 is 12.0 Å². The zero-order chi connectivity index (χ0) is 14.7. The third-order valence-corrected chi connectivity index (χ3v) is 4.41. The molecule has 2 aliphatic heterocycles. The Kier molecular flexibility index (Phi) is 4.86. The van der Waals surface area contributed by atoms with Gasteiger partial charge in [0.2, 0.25) is 0 Å². The SMILES string of the molecule is CC1CN(C(=O)N2CCCCCC2C(=O)O)CCC1O. The lowest BCUT2D eigenvalue weighted by molar-refractivity contribution is -0.142. The molecule has 0 spiro atoms. The fraction of sp³-hybridized carbons (Fsp3) is 0.857. The van der Waals surface area contributed by atoms with Crippen LogP contribution >= 0.6 is 0 Å². The van der Waals surface area contributed by atoms with E-state index in [4.69, 9.17) is 0 Å². The average molecular weight is 284 g/mol. The molecular weight excluding hydrogens is 260 g/mol. The molecule has 0 aromatic carbocycles. The monoisotopic (exact) mass is 284 g/mol. The minimum Gasteiger partial charge on any atom is -0.480 e. The lowest BCUT2D eigenvalue weighted by Gasteiger charge is -2.38. The number of carbonyl (C=O) groups is 2. The number of carbonyl (C=O) groups excluding carboxylic acids is 1. The fourth-order valence-electron chi connectivity index (χ4n) is 3.08. The molecule has 20 heavy (non-hydrogen) atoms. The van der Waals surface area contributed by atoms with Crippen molar-refractivity contribution in [1.29, 1.82) is 0 Å². The summed E-state index contributed by atoms with van der Waals surface area (Å²) in [5, 5.41) is 19.0. The van der Waals surface area contributed by atoms with Gasteiger partial charge in [0.15, 0.2) is 0 Å². The number of hydrogen-bond donors (Lipinski definition) is 2. The average Bonchev–Trinajstić information content (AvgIpc) is 2.66. The highest BCUT2D eigenvalue weighted by Crippen LogP contribution is 2.22. The number of aliphatic hydroxyl groups is 1. The molecule has 2 amide bonds. The van der Waals surface area contributed by atoms with Gasteiger partial charge in [-0.05, 0) is 25.2 Å². The van der Waals surface area contributed by atoms with Crippen molar-refractivity contribution < 1.29 is 19.8 Å². The number of likely N-dealkylation sites (tertiary alicyclic amines) is 2. The van der Waals surface area contributed by atoms with Crippen molar-refractivity contribution in [1.82, 2.24) is 9.80 Å². The van der Waals surface area contributed by atoms with Crippen LogP contribution in [0.3, 0.4) is 0 Å². The number of rotatable bonds is 1. The Bertz CT molecular complexity index is 374. The Morgan fingerprint density at radius 3 is 2.50 bits per heavy atom. The molecule has 2 rings (SSSR count). The molecule has 114 valence electrons. The van der Waals surface area contributed by atoms with E-state index in [0.29, 0.717) is 32.5 Å². The first-order valence-electron chi connectivity index (χ1n) is 7.47. The highest BCUT2D eigenvalue weighted by Gasteiger charge is 2.35. The van der Waals surface area contributed by atoms with E-state index in [-0.39, 0.29) is 18.1 Å². The van der Waals surface area contributed by atoms with Crippen molar-refractivity contribution in [3.05, 3.63) is 0 Å². The predicted molar refractivity (Wildman–Crippen MR) is 73.4 cm³/mol. The topological polar surface area (TPSA) is 81.1 Å². The van der Waals surface area contributed by atoms with Gasteiger partial charge in [-0.2, -0.15) is 0 Å². The summed E-state index contributed by atoms with van der Waals surface area (Å²) in [6.07, 6.45) is 3.43. The summed E-state index contributed by atoms with van der Waals surface area (Å²) in [6, 6.07) is -0.884. The van der Waals surface area contributed by atoms with E-state index >= 15 is 0 Å². The third-order valence-electron chi connectivity index (χ3n) is 4.41. The van der Waals surface area contributed by atoms with Crippen LogP contribution in [0.25, 0.3) is 0 Å². The number of carboxylic acid groups (broad SMARTS) is 1. The maximum absolute atomic E-state index is 12.6. The second kappa shape index (κ2) is 6.43. The Hall–Kier alpha value is -1.30. The number of aliphatic hydroxyl groups excluding tert-OH is 1. The maximum atomic E-state index is 12.6. The number of nitrogens with zero attached hydrogens (tertiary/aromatic N) is 2. The highest BCUT2D eigenvalue weighted by molar-refractivity contribution is 5.82. The van der Waals surface area contributed by atoms with Gasteiger partial charge in [0.1, 0.15) is 6.04 Å². The van der Waals surface area contributed by atoms with Crippen LogP contribution in [0.4, 0.5) is 4.79 Å². The molecule has 2 saturated heterocycles. The van der Waals surface area contributed by atoms with Crippen LogP contribution in [-0.4, -0.2) is 63.8 Å². The standard InChI is InChI=1S/C14H24N2O4/c1-10-9-15(8-6-12(10)17)14(20)16-7-4-2-3-5-11(16)13(18)19/h10-12,17H,2-9H2,1H3,(H,18,19). The Labute approximate surface area is 119 Å². The van der Waals surface area contributed by atoms with E-state index in [9.17, 15) is 19.8 Å². The number of urea groups is 1. The van der Waals surface area contributed by atoms with Crippen molar-refractivity contribution in [2.24, 2.45) is 5.92 Å². The van der Waals surface area contributed by atoms with Crippen LogP contribution in [0.5, 0.6) is 0 Å². The Balaban J connectivity index is 2.07. The molecule has 2 N–H and O–H groups in total. The van der Waals surface area contributed by atoms with Gasteiger partial charge >= 0.3 is 12.0 Å². The van der Waals surface area contributed by atoms with E-state index in [1.807, 2.05) is 6.92 Å². The van der Waals surface area contributed by atoms with Crippen molar-refractivity contribution in [2.45, 2.75) is 51.2 Å². The second-order valence-electron chi connectivity index (χ2n) is 5.96. The maximum Gasteiger partial charge on any atom is 0.326 e. The first-order valence-corrected chi connectivity index (χ1v) is 7.47. The number of amides is 2. The summed E-state index contributed by atoms with van der Waals surface area (Å²) < 4.78 is 0. The largest absolute Gasteiger partial charge is 0.480 e. The zero-order valence-corrected chi connectivity index (χ0v) is 12.0. The zero-order valence-electron chi connectivity index (χ0n) is 12.0. The molecule has 0 radical (unpaired) electrons. The van der Waals surface area contributed by atoms with E-state index in [1.165, 1.54) is 4.90 Å². The molecule has 0 aromatic rings. The molecule has 0 aromatic heterocycles. The molecular formula is C14H24N2O4. The van der Waals surface area contributed by atoms with Crippen molar-refractivity contribution in [3.63, 3.8) is 0 Å².